The fraction of sp³-hybridized carbons (Fsp3) is 0.462. The Bertz CT molecular complexity index is 492. The zero-order valence-electron chi connectivity index (χ0n) is 10.7. The van der Waals surface area contributed by atoms with Crippen molar-refractivity contribution in [3.63, 3.8) is 0 Å². The molecule has 0 bridgehead atoms. The molecule has 0 saturated carbocycles. The van der Waals surface area contributed by atoms with Crippen molar-refractivity contribution < 1.29 is 0 Å². The highest BCUT2D eigenvalue weighted by molar-refractivity contribution is 9.10. The van der Waals surface area contributed by atoms with Crippen LogP contribution < -0.4 is 5.32 Å². The number of rotatable bonds is 6. The number of hydrogen-bond acceptors (Lipinski definition) is 3. The number of halogens is 1. The molecule has 5 heteroatoms. The third-order valence-corrected chi connectivity index (χ3v) is 4.72. The smallest absolute Gasteiger partial charge is 0.131 e. The van der Waals surface area contributed by atoms with Gasteiger partial charge in [-0.1, -0.05) is 13.8 Å². The Kier molecular flexibility index (Phi) is 4.97. The average Bonchev–Trinajstić information content (AvgIpc) is 2.96. The van der Waals surface area contributed by atoms with E-state index in [0.29, 0.717) is 0 Å². The minimum absolute atomic E-state index is 0.172. The number of nitrogens with zero attached hydrogens (tertiary/aromatic N) is 2. The van der Waals surface area contributed by atoms with Gasteiger partial charge in [-0.25, -0.2) is 4.98 Å². The summed E-state index contributed by atoms with van der Waals surface area (Å²) in [5.41, 5.74) is 0. The Morgan fingerprint density at radius 2 is 2.33 bits per heavy atom. The molecular formula is C13H18BrN3S. The van der Waals surface area contributed by atoms with Crippen LogP contribution in [0, 0.1) is 0 Å². The van der Waals surface area contributed by atoms with Gasteiger partial charge in [-0.05, 0) is 40.3 Å². The van der Waals surface area contributed by atoms with Gasteiger partial charge in [-0.3, -0.25) is 0 Å². The molecule has 98 valence electrons. The van der Waals surface area contributed by atoms with E-state index in [0.717, 1.165) is 29.8 Å². The van der Waals surface area contributed by atoms with Gasteiger partial charge in [0.25, 0.3) is 0 Å². The molecule has 0 fully saturated rings. The third-order valence-electron chi connectivity index (χ3n) is 2.79. The van der Waals surface area contributed by atoms with Crippen LogP contribution in [0.4, 0.5) is 0 Å². The summed E-state index contributed by atoms with van der Waals surface area (Å²) in [6.45, 7) is 6.25. The van der Waals surface area contributed by atoms with Gasteiger partial charge in [0.05, 0.1) is 0 Å². The molecule has 1 N–H and O–H groups in total. The van der Waals surface area contributed by atoms with Gasteiger partial charge in [0, 0.05) is 28.3 Å². The van der Waals surface area contributed by atoms with Crippen LogP contribution in [-0.4, -0.2) is 16.1 Å². The summed E-state index contributed by atoms with van der Waals surface area (Å²) in [6.07, 6.45) is 5.06. The van der Waals surface area contributed by atoms with E-state index in [4.69, 9.17) is 0 Å². The molecule has 0 spiro atoms. The fourth-order valence-electron chi connectivity index (χ4n) is 2.03. The second-order valence-electron chi connectivity index (χ2n) is 4.10. The van der Waals surface area contributed by atoms with Crippen molar-refractivity contribution in [1.82, 2.24) is 14.9 Å². The summed E-state index contributed by atoms with van der Waals surface area (Å²) in [5, 5.41) is 5.63. The first-order valence-corrected chi connectivity index (χ1v) is 7.92. The molecule has 0 aliphatic rings. The summed E-state index contributed by atoms with van der Waals surface area (Å²) >= 11 is 5.38. The van der Waals surface area contributed by atoms with E-state index in [2.05, 4.69) is 62.3 Å². The molecule has 0 radical (unpaired) electrons. The van der Waals surface area contributed by atoms with Crippen molar-refractivity contribution >= 4 is 27.3 Å². The SMILES string of the molecule is CCCn1ccnc1C(NCC)c1sccc1Br. The van der Waals surface area contributed by atoms with Crippen molar-refractivity contribution in [3.8, 4) is 0 Å². The average molecular weight is 328 g/mol. The molecule has 0 aliphatic carbocycles. The van der Waals surface area contributed by atoms with Crippen molar-refractivity contribution in [2.75, 3.05) is 6.54 Å². The maximum atomic E-state index is 4.54. The lowest BCUT2D eigenvalue weighted by atomic mass is 10.2. The molecule has 2 aromatic heterocycles. The highest BCUT2D eigenvalue weighted by Crippen LogP contribution is 2.32. The van der Waals surface area contributed by atoms with E-state index >= 15 is 0 Å². The van der Waals surface area contributed by atoms with Gasteiger partial charge < -0.3 is 9.88 Å². The van der Waals surface area contributed by atoms with Crippen LogP contribution in [0.3, 0.4) is 0 Å². The summed E-state index contributed by atoms with van der Waals surface area (Å²) < 4.78 is 3.39. The molecule has 3 nitrogen and oxygen atoms in total. The molecule has 1 atom stereocenters. The normalized spacial score (nSPS) is 12.8. The summed E-state index contributed by atoms with van der Waals surface area (Å²) in [4.78, 5) is 5.83. The minimum atomic E-state index is 0.172. The van der Waals surface area contributed by atoms with Crippen LogP contribution in [0.25, 0.3) is 0 Å². The predicted molar refractivity (Wildman–Crippen MR) is 80.1 cm³/mol. The zero-order chi connectivity index (χ0) is 13.0. The maximum absolute atomic E-state index is 4.54. The van der Waals surface area contributed by atoms with Gasteiger partial charge in [-0.15, -0.1) is 11.3 Å². The number of aryl methyl sites for hydroxylation is 1. The predicted octanol–water partition coefficient (Wildman–Crippen LogP) is 3.82. The molecule has 2 aromatic rings. The van der Waals surface area contributed by atoms with Crippen LogP contribution in [0.5, 0.6) is 0 Å². The van der Waals surface area contributed by atoms with E-state index in [1.165, 1.54) is 4.88 Å². The maximum Gasteiger partial charge on any atom is 0.131 e. The first-order valence-electron chi connectivity index (χ1n) is 6.25. The molecule has 0 amide bonds. The summed E-state index contributed by atoms with van der Waals surface area (Å²) in [7, 11) is 0. The molecule has 18 heavy (non-hydrogen) atoms. The van der Waals surface area contributed by atoms with E-state index in [-0.39, 0.29) is 6.04 Å². The van der Waals surface area contributed by atoms with Crippen molar-refractivity contribution in [2.24, 2.45) is 0 Å². The molecule has 2 heterocycles. The van der Waals surface area contributed by atoms with Crippen LogP contribution in [0.15, 0.2) is 28.3 Å². The van der Waals surface area contributed by atoms with E-state index in [1.807, 2.05) is 6.20 Å². The van der Waals surface area contributed by atoms with E-state index in [9.17, 15) is 0 Å². The quantitative estimate of drug-likeness (QED) is 0.874. The highest BCUT2D eigenvalue weighted by atomic mass is 79.9. The van der Waals surface area contributed by atoms with Crippen LogP contribution in [0.1, 0.15) is 37.0 Å². The lowest BCUT2D eigenvalue weighted by Crippen LogP contribution is -2.25. The molecular weight excluding hydrogens is 310 g/mol. The lowest BCUT2D eigenvalue weighted by molar-refractivity contribution is 0.548. The number of nitrogens with one attached hydrogen (secondary N) is 1. The fourth-order valence-corrected chi connectivity index (χ4v) is 3.70. The Hall–Kier alpha value is -0.650. The second kappa shape index (κ2) is 6.50. The van der Waals surface area contributed by atoms with E-state index < -0.39 is 0 Å². The summed E-state index contributed by atoms with van der Waals surface area (Å²) in [5.74, 6) is 1.10. The van der Waals surface area contributed by atoms with Crippen molar-refractivity contribution in [2.45, 2.75) is 32.9 Å². The number of thiophene rings is 1. The largest absolute Gasteiger partial charge is 0.333 e. The molecule has 0 saturated heterocycles. The first-order chi connectivity index (χ1) is 8.77. The zero-order valence-corrected chi connectivity index (χ0v) is 13.1. The van der Waals surface area contributed by atoms with Crippen molar-refractivity contribution in [1.29, 1.82) is 0 Å². The minimum Gasteiger partial charge on any atom is -0.333 e. The molecule has 0 aromatic carbocycles. The summed E-state index contributed by atoms with van der Waals surface area (Å²) in [6, 6.07) is 2.27. The lowest BCUT2D eigenvalue weighted by Gasteiger charge is -2.18. The Morgan fingerprint density at radius 1 is 1.50 bits per heavy atom. The Labute approximate surface area is 120 Å². The standard InChI is InChI=1S/C13H18BrN3S/c1-3-7-17-8-6-16-13(17)11(15-4-2)12-10(14)5-9-18-12/h5-6,8-9,11,15H,3-4,7H2,1-2H3. The third kappa shape index (κ3) is 2.84. The van der Waals surface area contributed by atoms with Crippen LogP contribution >= 0.6 is 27.3 Å². The van der Waals surface area contributed by atoms with Gasteiger partial charge in [-0.2, -0.15) is 0 Å². The topological polar surface area (TPSA) is 29.9 Å². The number of hydrogen-bond donors (Lipinski definition) is 1. The monoisotopic (exact) mass is 327 g/mol. The molecule has 0 aliphatic heterocycles. The second-order valence-corrected chi connectivity index (χ2v) is 5.90. The molecule has 1 unspecified atom stereocenters. The number of imidazole rings is 1. The Balaban J connectivity index is 2.35. The van der Waals surface area contributed by atoms with Gasteiger partial charge in [0.1, 0.15) is 11.9 Å². The van der Waals surface area contributed by atoms with Gasteiger partial charge in [0.2, 0.25) is 0 Å². The first kappa shape index (κ1) is 13.8. The van der Waals surface area contributed by atoms with E-state index in [1.54, 1.807) is 11.3 Å². The van der Waals surface area contributed by atoms with Gasteiger partial charge in [0.15, 0.2) is 0 Å². The van der Waals surface area contributed by atoms with Crippen molar-refractivity contribution in [3.05, 3.63) is 39.0 Å². The van der Waals surface area contributed by atoms with Gasteiger partial charge >= 0.3 is 0 Å². The molecule has 2 rings (SSSR count). The Morgan fingerprint density at radius 3 is 2.94 bits per heavy atom. The van der Waals surface area contributed by atoms with Crippen LogP contribution in [-0.2, 0) is 6.54 Å². The van der Waals surface area contributed by atoms with Crippen LogP contribution in [0.2, 0.25) is 0 Å². The number of aromatic nitrogens is 2. The highest BCUT2D eigenvalue weighted by Gasteiger charge is 2.21.